The van der Waals surface area contributed by atoms with Gasteiger partial charge in [-0.15, -0.1) is 10.2 Å². The lowest BCUT2D eigenvalue weighted by Gasteiger charge is -2.37. The van der Waals surface area contributed by atoms with Crippen LogP contribution in [0.15, 0.2) is 65.3 Å². The maximum absolute atomic E-state index is 12.7. The summed E-state index contributed by atoms with van der Waals surface area (Å²) in [5.74, 6) is -0.834. The van der Waals surface area contributed by atoms with Gasteiger partial charge in [-0.1, -0.05) is 42.4 Å². The van der Waals surface area contributed by atoms with Gasteiger partial charge in [-0.25, -0.2) is 0 Å². The van der Waals surface area contributed by atoms with E-state index in [0.717, 1.165) is 30.2 Å². The normalized spacial score (nSPS) is 14.4. The summed E-state index contributed by atoms with van der Waals surface area (Å²) in [5, 5.41) is 6.91. The van der Waals surface area contributed by atoms with Gasteiger partial charge in [-0.2, -0.15) is 13.2 Å². The van der Waals surface area contributed by atoms with Crippen molar-refractivity contribution in [3.63, 3.8) is 0 Å². The van der Waals surface area contributed by atoms with Crippen LogP contribution in [0.5, 0.6) is 0 Å². The zero-order valence-corrected chi connectivity index (χ0v) is 17.7. The van der Waals surface area contributed by atoms with Crippen LogP contribution in [0.1, 0.15) is 11.5 Å². The van der Waals surface area contributed by atoms with E-state index in [1.54, 1.807) is 12.1 Å². The van der Waals surface area contributed by atoms with Crippen molar-refractivity contribution in [2.24, 2.45) is 0 Å². The molecule has 1 aliphatic rings. The highest BCUT2D eigenvalue weighted by atomic mass is 35.5. The van der Waals surface area contributed by atoms with Crippen LogP contribution in [0.4, 0.5) is 18.9 Å². The van der Waals surface area contributed by atoms with E-state index >= 15 is 0 Å². The third-order valence-corrected chi connectivity index (χ3v) is 5.40. The fourth-order valence-corrected chi connectivity index (χ4v) is 3.61. The molecule has 1 fully saturated rings. The standard InChI is InChI=1S/C22H20ClF3N4O2/c1-15(29-9-11-31-12-10-29)30(18-5-3-2-4-6-18)14-17-8-7-16(13-19(17)23)20-27-28-21(32-20)22(24,25)26/h2-8,13H,1,9-12,14H2. The van der Waals surface area contributed by atoms with Gasteiger partial charge in [0.05, 0.1) is 19.8 Å². The largest absolute Gasteiger partial charge is 0.470 e. The molecule has 0 aliphatic carbocycles. The number of morpholine rings is 1. The zero-order valence-electron chi connectivity index (χ0n) is 17.0. The molecule has 1 saturated heterocycles. The van der Waals surface area contributed by atoms with Gasteiger partial charge in [-0.3, -0.25) is 0 Å². The van der Waals surface area contributed by atoms with E-state index in [-0.39, 0.29) is 5.89 Å². The second kappa shape index (κ2) is 9.22. The molecule has 3 aromatic rings. The Morgan fingerprint density at radius 1 is 1.09 bits per heavy atom. The number of benzene rings is 2. The van der Waals surface area contributed by atoms with Gasteiger partial charge in [-0.05, 0) is 29.8 Å². The molecule has 0 N–H and O–H groups in total. The molecule has 1 aliphatic heterocycles. The first kappa shape index (κ1) is 22.2. The van der Waals surface area contributed by atoms with Crippen LogP contribution in [0.25, 0.3) is 11.5 Å². The molecule has 2 heterocycles. The SMILES string of the molecule is C=C(N1CCOCC1)N(Cc1ccc(-c2nnc(C(F)(F)F)o2)cc1Cl)c1ccccc1. The zero-order chi connectivity index (χ0) is 22.7. The number of hydrogen-bond donors (Lipinski definition) is 0. The Bertz CT molecular complexity index is 1080. The van der Waals surface area contributed by atoms with Crippen molar-refractivity contribution in [3.8, 4) is 11.5 Å². The number of para-hydroxylation sites is 1. The average Bonchev–Trinajstić information content (AvgIpc) is 3.30. The molecular formula is C22H20ClF3N4O2. The van der Waals surface area contributed by atoms with Crippen LogP contribution < -0.4 is 4.90 Å². The van der Waals surface area contributed by atoms with E-state index in [1.165, 1.54) is 6.07 Å². The fraction of sp³-hybridized carbons (Fsp3) is 0.273. The lowest BCUT2D eigenvalue weighted by atomic mass is 10.1. The molecular weight excluding hydrogens is 445 g/mol. The Balaban J connectivity index is 1.59. The first-order valence-corrected chi connectivity index (χ1v) is 10.2. The van der Waals surface area contributed by atoms with Crippen molar-refractivity contribution < 1.29 is 22.3 Å². The molecule has 6 nitrogen and oxygen atoms in total. The van der Waals surface area contributed by atoms with Crippen LogP contribution in [0.2, 0.25) is 5.02 Å². The molecule has 0 atom stereocenters. The Morgan fingerprint density at radius 2 is 1.81 bits per heavy atom. The molecule has 0 spiro atoms. The van der Waals surface area contributed by atoms with E-state index in [2.05, 4.69) is 21.7 Å². The first-order chi connectivity index (χ1) is 15.3. The summed E-state index contributed by atoms with van der Waals surface area (Å²) in [5.41, 5.74) is 2.01. The highest BCUT2D eigenvalue weighted by Gasteiger charge is 2.38. The van der Waals surface area contributed by atoms with Gasteiger partial charge in [0.25, 0.3) is 0 Å². The summed E-state index contributed by atoms with van der Waals surface area (Å²) in [4.78, 5) is 4.19. The minimum Gasteiger partial charge on any atom is -0.413 e. The molecule has 1 aromatic heterocycles. The Labute approximate surface area is 187 Å². The monoisotopic (exact) mass is 464 g/mol. The molecule has 10 heteroatoms. The van der Waals surface area contributed by atoms with Crippen LogP contribution >= 0.6 is 11.6 Å². The van der Waals surface area contributed by atoms with E-state index < -0.39 is 12.1 Å². The van der Waals surface area contributed by atoms with Crippen molar-refractivity contribution in [1.82, 2.24) is 15.1 Å². The summed E-state index contributed by atoms with van der Waals surface area (Å²) < 4.78 is 48.4. The maximum Gasteiger partial charge on any atom is 0.470 e. The number of nitrogens with zero attached hydrogens (tertiary/aromatic N) is 4. The number of alkyl halides is 3. The predicted octanol–water partition coefficient (Wildman–Crippen LogP) is 5.22. The fourth-order valence-electron chi connectivity index (χ4n) is 3.37. The minimum absolute atomic E-state index is 0.247. The summed E-state index contributed by atoms with van der Waals surface area (Å²) in [7, 11) is 0. The average molecular weight is 465 g/mol. The Morgan fingerprint density at radius 3 is 2.44 bits per heavy atom. The Hall–Kier alpha value is -3.04. The van der Waals surface area contributed by atoms with Crippen molar-refractivity contribution >= 4 is 17.3 Å². The number of halogens is 4. The number of hydrogen-bond acceptors (Lipinski definition) is 6. The molecule has 168 valence electrons. The van der Waals surface area contributed by atoms with E-state index in [9.17, 15) is 13.2 Å². The van der Waals surface area contributed by atoms with Gasteiger partial charge >= 0.3 is 12.1 Å². The summed E-state index contributed by atoms with van der Waals surface area (Å²) in [6.07, 6.45) is -4.70. The minimum atomic E-state index is -4.70. The molecule has 0 bridgehead atoms. The summed E-state index contributed by atoms with van der Waals surface area (Å²) >= 11 is 6.50. The van der Waals surface area contributed by atoms with Gasteiger partial charge in [0.2, 0.25) is 5.89 Å². The van der Waals surface area contributed by atoms with Crippen molar-refractivity contribution in [3.05, 3.63) is 77.4 Å². The maximum atomic E-state index is 12.7. The third kappa shape index (κ3) is 4.89. The highest BCUT2D eigenvalue weighted by Crippen LogP contribution is 2.32. The number of aromatic nitrogens is 2. The highest BCUT2D eigenvalue weighted by molar-refractivity contribution is 6.31. The van der Waals surface area contributed by atoms with Crippen LogP contribution in [-0.4, -0.2) is 41.4 Å². The van der Waals surface area contributed by atoms with Crippen molar-refractivity contribution in [2.75, 3.05) is 31.2 Å². The second-order valence-corrected chi connectivity index (χ2v) is 7.56. The lowest BCUT2D eigenvalue weighted by Crippen LogP contribution is -2.41. The van der Waals surface area contributed by atoms with E-state index in [1.807, 2.05) is 35.2 Å². The quantitative estimate of drug-likeness (QED) is 0.498. The van der Waals surface area contributed by atoms with Crippen molar-refractivity contribution in [2.45, 2.75) is 12.7 Å². The molecule has 0 amide bonds. The van der Waals surface area contributed by atoms with Gasteiger partial charge in [0, 0.05) is 29.4 Å². The summed E-state index contributed by atoms with van der Waals surface area (Å²) in [6.45, 7) is 7.41. The topological polar surface area (TPSA) is 54.6 Å². The van der Waals surface area contributed by atoms with E-state index in [0.29, 0.717) is 30.3 Å². The number of rotatable bonds is 6. The lowest BCUT2D eigenvalue weighted by molar-refractivity contribution is -0.156. The summed E-state index contributed by atoms with van der Waals surface area (Å²) in [6, 6.07) is 14.6. The van der Waals surface area contributed by atoms with Crippen LogP contribution in [0.3, 0.4) is 0 Å². The molecule has 0 saturated carbocycles. The van der Waals surface area contributed by atoms with E-state index in [4.69, 9.17) is 20.8 Å². The van der Waals surface area contributed by atoms with Gasteiger partial charge in [0.15, 0.2) is 0 Å². The molecule has 0 radical (unpaired) electrons. The van der Waals surface area contributed by atoms with Crippen molar-refractivity contribution in [1.29, 1.82) is 0 Å². The molecule has 2 aromatic carbocycles. The molecule has 32 heavy (non-hydrogen) atoms. The first-order valence-electron chi connectivity index (χ1n) is 9.86. The Kier molecular flexibility index (Phi) is 6.38. The van der Waals surface area contributed by atoms with Crippen LogP contribution in [0, 0.1) is 0 Å². The second-order valence-electron chi connectivity index (χ2n) is 7.15. The van der Waals surface area contributed by atoms with Crippen LogP contribution in [-0.2, 0) is 17.5 Å². The number of ether oxygens (including phenoxy) is 1. The molecule has 0 unspecified atom stereocenters. The van der Waals surface area contributed by atoms with Gasteiger partial charge < -0.3 is 19.0 Å². The third-order valence-electron chi connectivity index (χ3n) is 5.05. The molecule has 4 rings (SSSR count). The smallest absolute Gasteiger partial charge is 0.413 e. The predicted molar refractivity (Wildman–Crippen MR) is 114 cm³/mol. The van der Waals surface area contributed by atoms with Gasteiger partial charge in [0.1, 0.15) is 5.82 Å². The number of anilines is 1.